The molecule has 0 aromatic heterocycles. The maximum atomic E-state index is 12.8. The summed E-state index contributed by atoms with van der Waals surface area (Å²) in [6.45, 7) is 1.21. The zero-order valence-electron chi connectivity index (χ0n) is 11.9. The van der Waals surface area contributed by atoms with Gasteiger partial charge in [0.25, 0.3) is 5.91 Å². The first-order valence-electron chi connectivity index (χ1n) is 6.72. The molecule has 1 aromatic carbocycles. The van der Waals surface area contributed by atoms with E-state index in [2.05, 4.69) is 10.6 Å². The van der Waals surface area contributed by atoms with Gasteiger partial charge in [0, 0.05) is 12.8 Å². The highest BCUT2D eigenvalue weighted by atomic mass is 35.5. The molecule has 22 heavy (non-hydrogen) atoms. The van der Waals surface area contributed by atoms with Gasteiger partial charge in [-0.05, 0) is 44.1 Å². The number of alkyl halides is 3. The number of nitrogens with one attached hydrogen (secondary N) is 2. The van der Waals surface area contributed by atoms with Crippen LogP contribution in [-0.2, 0) is 15.7 Å². The van der Waals surface area contributed by atoms with Crippen LogP contribution in [0.5, 0.6) is 0 Å². The Bertz CT molecular complexity index is 558. The van der Waals surface area contributed by atoms with Gasteiger partial charge in [0.1, 0.15) is 5.60 Å². The topological polar surface area (TPSA) is 50.4 Å². The lowest BCUT2D eigenvalue weighted by Gasteiger charge is -2.34. The summed E-state index contributed by atoms with van der Waals surface area (Å²) in [4.78, 5) is 12.4. The monoisotopic (exact) mass is 336 g/mol. The summed E-state index contributed by atoms with van der Waals surface area (Å²) >= 11 is 5.56. The van der Waals surface area contributed by atoms with E-state index in [0.717, 1.165) is 12.1 Å². The first-order chi connectivity index (χ1) is 10.3. The van der Waals surface area contributed by atoms with Gasteiger partial charge in [0.2, 0.25) is 0 Å². The smallest absolute Gasteiger partial charge is 0.368 e. The van der Waals surface area contributed by atoms with Crippen LogP contribution in [0.25, 0.3) is 0 Å². The third-order valence-corrected chi connectivity index (χ3v) is 4.07. The van der Waals surface area contributed by atoms with E-state index in [1.807, 2.05) is 0 Å². The van der Waals surface area contributed by atoms with Gasteiger partial charge in [-0.15, -0.1) is 0 Å². The van der Waals surface area contributed by atoms with Crippen molar-refractivity contribution in [3.63, 3.8) is 0 Å². The molecule has 1 aliphatic rings. The molecule has 1 fully saturated rings. The second-order valence-corrected chi connectivity index (χ2v) is 5.50. The molecule has 0 aliphatic carbocycles. The average molecular weight is 337 g/mol. The maximum absolute atomic E-state index is 12.8. The Morgan fingerprint density at radius 1 is 1.36 bits per heavy atom. The van der Waals surface area contributed by atoms with Gasteiger partial charge in [-0.1, -0.05) is 11.6 Å². The van der Waals surface area contributed by atoms with Crippen LogP contribution >= 0.6 is 11.6 Å². The minimum Gasteiger partial charge on any atom is -0.368 e. The van der Waals surface area contributed by atoms with E-state index in [-0.39, 0.29) is 5.69 Å². The van der Waals surface area contributed by atoms with Crippen molar-refractivity contribution in [1.82, 2.24) is 5.32 Å². The molecule has 0 unspecified atom stereocenters. The minimum atomic E-state index is -4.58. The van der Waals surface area contributed by atoms with Crippen LogP contribution in [0.2, 0.25) is 5.02 Å². The van der Waals surface area contributed by atoms with Crippen LogP contribution in [0.4, 0.5) is 18.9 Å². The SMILES string of the molecule is COC1(C(=O)Nc2ccc(Cl)c(C(F)(F)F)c2)CCNCC1. The summed E-state index contributed by atoms with van der Waals surface area (Å²) in [6.07, 6.45) is -3.67. The first kappa shape index (κ1) is 17.1. The lowest BCUT2D eigenvalue weighted by atomic mass is 9.91. The summed E-state index contributed by atoms with van der Waals surface area (Å²) in [7, 11) is 1.42. The molecule has 0 spiro atoms. The van der Waals surface area contributed by atoms with E-state index in [0.29, 0.717) is 25.9 Å². The van der Waals surface area contributed by atoms with Gasteiger partial charge in [-0.25, -0.2) is 0 Å². The van der Waals surface area contributed by atoms with Crippen molar-refractivity contribution in [3.05, 3.63) is 28.8 Å². The van der Waals surface area contributed by atoms with Gasteiger partial charge in [0.15, 0.2) is 0 Å². The number of amides is 1. The molecule has 122 valence electrons. The third-order valence-electron chi connectivity index (χ3n) is 3.75. The maximum Gasteiger partial charge on any atom is 0.417 e. The van der Waals surface area contributed by atoms with Crippen LogP contribution < -0.4 is 10.6 Å². The standard InChI is InChI=1S/C14H16ClF3N2O2/c1-22-13(4-6-19-7-5-13)12(21)20-9-2-3-11(15)10(8-9)14(16,17)18/h2-3,8,19H,4-7H2,1H3,(H,20,21). The molecule has 0 radical (unpaired) electrons. The van der Waals surface area contributed by atoms with Gasteiger partial charge < -0.3 is 15.4 Å². The molecule has 1 saturated heterocycles. The van der Waals surface area contributed by atoms with E-state index in [1.54, 1.807) is 0 Å². The Hall–Kier alpha value is -1.31. The lowest BCUT2D eigenvalue weighted by molar-refractivity contribution is -0.141. The fraction of sp³-hybridized carbons (Fsp3) is 0.500. The minimum absolute atomic E-state index is 0.0386. The number of rotatable bonds is 3. The van der Waals surface area contributed by atoms with Crippen LogP contribution in [0.1, 0.15) is 18.4 Å². The number of methoxy groups -OCH3 is 1. The summed E-state index contributed by atoms with van der Waals surface area (Å²) in [5.41, 5.74) is -1.97. The molecule has 8 heteroatoms. The van der Waals surface area contributed by atoms with Gasteiger partial charge >= 0.3 is 6.18 Å². The Morgan fingerprint density at radius 2 is 2.00 bits per heavy atom. The zero-order chi connectivity index (χ0) is 16.4. The molecular weight excluding hydrogens is 321 g/mol. The van der Waals surface area contributed by atoms with Crippen molar-refractivity contribution in [3.8, 4) is 0 Å². The molecule has 0 atom stereocenters. The fourth-order valence-corrected chi connectivity index (χ4v) is 2.64. The highest BCUT2D eigenvalue weighted by Gasteiger charge is 2.40. The Morgan fingerprint density at radius 3 is 2.55 bits per heavy atom. The Kier molecular flexibility index (Phi) is 4.99. The molecular formula is C14H16ClF3N2O2. The number of piperidine rings is 1. The number of carbonyl (C=O) groups is 1. The normalized spacial score (nSPS) is 18.0. The Labute approximate surface area is 131 Å². The zero-order valence-corrected chi connectivity index (χ0v) is 12.6. The first-order valence-corrected chi connectivity index (χ1v) is 7.10. The number of benzene rings is 1. The fourth-order valence-electron chi connectivity index (χ4n) is 2.42. The van der Waals surface area contributed by atoms with Crippen LogP contribution in [0.3, 0.4) is 0 Å². The third kappa shape index (κ3) is 3.53. The molecule has 1 amide bonds. The van der Waals surface area contributed by atoms with Crippen molar-refractivity contribution in [2.45, 2.75) is 24.6 Å². The second-order valence-electron chi connectivity index (χ2n) is 5.09. The van der Waals surface area contributed by atoms with Crippen molar-refractivity contribution in [1.29, 1.82) is 0 Å². The van der Waals surface area contributed by atoms with E-state index in [9.17, 15) is 18.0 Å². The Balaban J connectivity index is 2.21. The predicted octanol–water partition coefficient (Wildman–Crippen LogP) is 3.07. The summed E-state index contributed by atoms with van der Waals surface area (Å²) < 4.78 is 43.8. The van der Waals surface area contributed by atoms with Crippen LogP contribution in [0, 0.1) is 0 Å². The number of anilines is 1. The highest BCUT2D eigenvalue weighted by Crippen LogP contribution is 2.36. The second kappa shape index (κ2) is 6.44. The largest absolute Gasteiger partial charge is 0.417 e. The van der Waals surface area contributed by atoms with Gasteiger partial charge in [0.05, 0.1) is 10.6 Å². The van der Waals surface area contributed by atoms with Crippen LogP contribution in [-0.4, -0.2) is 31.7 Å². The molecule has 0 bridgehead atoms. The van der Waals surface area contributed by atoms with Crippen LogP contribution in [0.15, 0.2) is 18.2 Å². The molecule has 0 saturated carbocycles. The van der Waals surface area contributed by atoms with Gasteiger partial charge in [-0.3, -0.25) is 4.79 Å². The number of hydrogen-bond donors (Lipinski definition) is 2. The number of ether oxygens (including phenoxy) is 1. The highest BCUT2D eigenvalue weighted by molar-refractivity contribution is 6.31. The van der Waals surface area contributed by atoms with Crippen molar-refractivity contribution in [2.24, 2.45) is 0 Å². The lowest BCUT2D eigenvalue weighted by Crippen LogP contribution is -2.51. The molecule has 2 N–H and O–H groups in total. The summed E-state index contributed by atoms with van der Waals surface area (Å²) in [6, 6.07) is 3.27. The molecule has 4 nitrogen and oxygen atoms in total. The molecule has 1 heterocycles. The molecule has 1 aromatic rings. The van der Waals surface area contributed by atoms with E-state index < -0.39 is 28.3 Å². The van der Waals surface area contributed by atoms with E-state index >= 15 is 0 Å². The number of halogens is 4. The molecule has 2 rings (SSSR count). The van der Waals surface area contributed by atoms with E-state index in [1.165, 1.54) is 13.2 Å². The predicted molar refractivity (Wildman–Crippen MR) is 76.9 cm³/mol. The van der Waals surface area contributed by atoms with Gasteiger partial charge in [-0.2, -0.15) is 13.2 Å². The number of carbonyl (C=O) groups excluding carboxylic acids is 1. The number of hydrogen-bond acceptors (Lipinski definition) is 3. The summed E-state index contributed by atoms with van der Waals surface area (Å²) in [5.74, 6) is -0.452. The van der Waals surface area contributed by atoms with Crippen molar-refractivity contribution in [2.75, 3.05) is 25.5 Å². The van der Waals surface area contributed by atoms with E-state index in [4.69, 9.17) is 16.3 Å². The molecule has 1 aliphatic heterocycles. The van der Waals surface area contributed by atoms with Crippen molar-refractivity contribution < 1.29 is 22.7 Å². The quantitative estimate of drug-likeness (QED) is 0.892. The average Bonchev–Trinajstić information content (AvgIpc) is 2.48. The van der Waals surface area contributed by atoms with Crippen molar-refractivity contribution >= 4 is 23.2 Å². The summed E-state index contributed by atoms with van der Waals surface area (Å²) in [5, 5.41) is 5.19.